The Labute approximate surface area is 196 Å². The van der Waals surface area contributed by atoms with Gasteiger partial charge in [-0.2, -0.15) is 0 Å². The number of Topliss-reactive ketones (excluding diaryl/α,β-unsaturated/α-hetero) is 1. The van der Waals surface area contributed by atoms with Gasteiger partial charge in [0, 0.05) is 0 Å². The summed E-state index contributed by atoms with van der Waals surface area (Å²) < 4.78 is 10.6. The molecule has 1 aliphatic rings. The number of anilines is 1. The fraction of sp³-hybridized carbons (Fsp3) is 0.158. The van der Waals surface area contributed by atoms with Crippen LogP contribution in [0.3, 0.4) is 0 Å². The highest BCUT2D eigenvalue weighted by atomic mass is 127. The molecule has 1 amide bonds. The highest BCUT2D eigenvalue weighted by molar-refractivity contribution is 14.0. The molecule has 1 aliphatic heterocycles. The number of ketones is 1. The summed E-state index contributed by atoms with van der Waals surface area (Å²) in [5, 5.41) is 20.4. The standard InChI is InChI=1S/C19H15N3O5S2.HI/c1-26-11-6-5-10(8-12(11)27-2)15-14(16(23)13-4-3-7-28-13)17(24)18(25)22(15)19-21-20-9-29-19;/h3-9,15,24H,1-2H3;1H. The Morgan fingerprint density at radius 2 is 1.93 bits per heavy atom. The first-order chi connectivity index (χ1) is 14.1. The lowest BCUT2D eigenvalue weighted by atomic mass is 9.95. The van der Waals surface area contributed by atoms with Crippen LogP contribution in [0.25, 0.3) is 0 Å². The van der Waals surface area contributed by atoms with Crippen LogP contribution in [-0.2, 0) is 4.79 Å². The topological polar surface area (TPSA) is 102 Å². The molecule has 0 saturated heterocycles. The number of rotatable bonds is 6. The zero-order chi connectivity index (χ0) is 20.5. The van der Waals surface area contributed by atoms with Crippen molar-refractivity contribution in [1.29, 1.82) is 0 Å². The molecule has 0 fully saturated rings. The number of ether oxygens (including phenoxy) is 2. The van der Waals surface area contributed by atoms with E-state index in [-0.39, 0.29) is 34.7 Å². The third kappa shape index (κ3) is 3.68. The van der Waals surface area contributed by atoms with Crippen LogP contribution in [0.5, 0.6) is 11.5 Å². The maximum atomic E-state index is 13.2. The number of amides is 1. The molecule has 156 valence electrons. The first-order valence-electron chi connectivity index (χ1n) is 8.39. The van der Waals surface area contributed by atoms with Crippen LogP contribution >= 0.6 is 46.7 Å². The smallest absolute Gasteiger partial charge is 0.296 e. The number of nitrogens with zero attached hydrogens (tertiary/aromatic N) is 3. The summed E-state index contributed by atoms with van der Waals surface area (Å²) in [6, 6.07) is 7.57. The average Bonchev–Trinajstić information content (AvgIpc) is 3.49. The monoisotopic (exact) mass is 557 g/mol. The summed E-state index contributed by atoms with van der Waals surface area (Å²) in [5.74, 6) is -0.788. The van der Waals surface area contributed by atoms with E-state index < -0.39 is 23.5 Å². The van der Waals surface area contributed by atoms with Crippen LogP contribution in [0.4, 0.5) is 5.13 Å². The van der Waals surface area contributed by atoms with Crippen molar-refractivity contribution in [1.82, 2.24) is 10.2 Å². The normalized spacial score (nSPS) is 15.9. The van der Waals surface area contributed by atoms with Crippen molar-refractivity contribution < 1.29 is 24.2 Å². The summed E-state index contributed by atoms with van der Waals surface area (Å²) in [7, 11) is 3.01. The largest absolute Gasteiger partial charge is 0.503 e. The number of halogens is 1. The summed E-state index contributed by atoms with van der Waals surface area (Å²) >= 11 is 2.37. The molecule has 0 spiro atoms. The molecule has 8 nitrogen and oxygen atoms in total. The molecular formula is C19H16IN3O5S2. The van der Waals surface area contributed by atoms with Gasteiger partial charge in [0.15, 0.2) is 17.3 Å². The molecule has 2 aromatic heterocycles. The second-order valence-corrected chi connectivity index (χ2v) is 7.74. The third-order valence-electron chi connectivity index (χ3n) is 4.48. The Balaban J connectivity index is 0.00000256. The van der Waals surface area contributed by atoms with Gasteiger partial charge in [0.1, 0.15) is 5.51 Å². The van der Waals surface area contributed by atoms with Crippen LogP contribution in [-0.4, -0.2) is 41.2 Å². The molecule has 11 heteroatoms. The van der Waals surface area contributed by atoms with Crippen LogP contribution in [0.2, 0.25) is 0 Å². The van der Waals surface area contributed by atoms with E-state index in [0.717, 1.165) is 11.3 Å². The molecule has 0 bridgehead atoms. The molecule has 1 aromatic carbocycles. The minimum absolute atomic E-state index is 0. The van der Waals surface area contributed by atoms with Crippen molar-refractivity contribution in [2.75, 3.05) is 19.1 Å². The fourth-order valence-corrected chi connectivity index (χ4v) is 4.45. The molecule has 1 atom stereocenters. The summed E-state index contributed by atoms with van der Waals surface area (Å²) in [4.78, 5) is 27.8. The molecule has 1 N–H and O–H groups in total. The van der Waals surface area contributed by atoms with E-state index in [1.54, 1.807) is 35.7 Å². The number of hydrogen-bond donors (Lipinski definition) is 1. The average molecular weight is 557 g/mol. The predicted molar refractivity (Wildman–Crippen MR) is 123 cm³/mol. The van der Waals surface area contributed by atoms with Crippen molar-refractivity contribution in [3.63, 3.8) is 0 Å². The van der Waals surface area contributed by atoms with E-state index in [4.69, 9.17) is 9.47 Å². The molecule has 3 heterocycles. The zero-order valence-electron chi connectivity index (χ0n) is 15.8. The van der Waals surface area contributed by atoms with Crippen LogP contribution < -0.4 is 14.4 Å². The van der Waals surface area contributed by atoms with E-state index in [1.807, 2.05) is 0 Å². The van der Waals surface area contributed by atoms with Gasteiger partial charge in [0.25, 0.3) is 5.91 Å². The van der Waals surface area contributed by atoms with E-state index in [0.29, 0.717) is 21.9 Å². The molecule has 0 radical (unpaired) electrons. The first kappa shape index (κ1) is 22.2. The summed E-state index contributed by atoms with van der Waals surface area (Å²) in [6.07, 6.45) is 0. The number of methoxy groups -OCH3 is 2. The van der Waals surface area contributed by atoms with Crippen LogP contribution in [0, 0.1) is 0 Å². The lowest BCUT2D eigenvalue weighted by molar-refractivity contribution is -0.117. The molecule has 4 rings (SSSR count). The fourth-order valence-electron chi connectivity index (χ4n) is 3.19. The van der Waals surface area contributed by atoms with Gasteiger partial charge in [-0.1, -0.05) is 23.5 Å². The van der Waals surface area contributed by atoms with Gasteiger partial charge in [-0.25, -0.2) is 0 Å². The molecule has 1 unspecified atom stereocenters. The molecule has 0 aliphatic carbocycles. The minimum atomic E-state index is -0.884. The maximum Gasteiger partial charge on any atom is 0.296 e. The van der Waals surface area contributed by atoms with Gasteiger partial charge in [-0.05, 0) is 29.1 Å². The Kier molecular flexibility index (Phi) is 6.73. The summed E-state index contributed by atoms with van der Waals surface area (Å²) in [6.45, 7) is 0. The highest BCUT2D eigenvalue weighted by Crippen LogP contribution is 2.44. The molecule has 3 aromatic rings. The van der Waals surface area contributed by atoms with Gasteiger partial charge in [0.2, 0.25) is 10.9 Å². The third-order valence-corrected chi connectivity index (χ3v) is 6.03. The van der Waals surface area contributed by atoms with Crippen molar-refractivity contribution in [2.24, 2.45) is 0 Å². The SMILES string of the molecule is COc1ccc(C2C(C(=O)c3cccs3)=C(O)C(=O)N2c2nncs2)cc1OC.I. The quantitative estimate of drug-likeness (QED) is 0.361. The molecule has 0 saturated carbocycles. The van der Waals surface area contributed by atoms with Crippen molar-refractivity contribution in [2.45, 2.75) is 6.04 Å². The van der Waals surface area contributed by atoms with Gasteiger partial charge in [0.05, 0.1) is 30.7 Å². The lowest BCUT2D eigenvalue weighted by Gasteiger charge is -2.24. The zero-order valence-corrected chi connectivity index (χ0v) is 19.7. The highest BCUT2D eigenvalue weighted by Gasteiger charge is 2.46. The number of hydrogen-bond acceptors (Lipinski definition) is 9. The Morgan fingerprint density at radius 3 is 2.53 bits per heavy atom. The van der Waals surface area contributed by atoms with Crippen molar-refractivity contribution >= 4 is 63.5 Å². The number of aliphatic hydroxyl groups excluding tert-OH is 1. The Morgan fingerprint density at radius 1 is 1.17 bits per heavy atom. The minimum Gasteiger partial charge on any atom is -0.503 e. The first-order valence-corrected chi connectivity index (χ1v) is 10.2. The lowest BCUT2D eigenvalue weighted by Crippen LogP contribution is -2.31. The molecule has 30 heavy (non-hydrogen) atoms. The number of thiophene rings is 1. The Hall–Kier alpha value is -2.51. The van der Waals surface area contributed by atoms with Gasteiger partial charge < -0.3 is 14.6 Å². The van der Waals surface area contributed by atoms with Crippen molar-refractivity contribution in [3.8, 4) is 11.5 Å². The van der Waals surface area contributed by atoms with Gasteiger partial charge in [-0.3, -0.25) is 14.5 Å². The number of aliphatic hydroxyl groups is 1. The van der Waals surface area contributed by atoms with Crippen LogP contribution in [0.15, 0.2) is 52.6 Å². The predicted octanol–water partition coefficient (Wildman–Crippen LogP) is 4.02. The van der Waals surface area contributed by atoms with E-state index in [1.165, 1.54) is 36.0 Å². The second kappa shape index (κ2) is 9.10. The molecular weight excluding hydrogens is 541 g/mol. The maximum absolute atomic E-state index is 13.2. The van der Waals surface area contributed by atoms with E-state index in [2.05, 4.69) is 10.2 Å². The Bertz CT molecular complexity index is 1100. The number of carbonyl (C=O) groups excluding carboxylic acids is 2. The number of carbonyl (C=O) groups is 2. The van der Waals surface area contributed by atoms with Gasteiger partial charge >= 0.3 is 0 Å². The van der Waals surface area contributed by atoms with Crippen LogP contribution in [0.1, 0.15) is 21.3 Å². The number of benzene rings is 1. The van der Waals surface area contributed by atoms with E-state index in [9.17, 15) is 14.7 Å². The second-order valence-electron chi connectivity index (χ2n) is 5.98. The van der Waals surface area contributed by atoms with E-state index >= 15 is 0 Å². The van der Waals surface area contributed by atoms with Gasteiger partial charge in [-0.15, -0.1) is 45.5 Å². The van der Waals surface area contributed by atoms with Crippen molar-refractivity contribution in [3.05, 3.63) is 63.0 Å². The summed E-state index contributed by atoms with van der Waals surface area (Å²) in [5.41, 5.74) is 2.03. The number of aromatic nitrogens is 2.